The first-order chi connectivity index (χ1) is 9.65. The fraction of sp³-hybridized carbons (Fsp3) is 0.533. The molecule has 0 spiro atoms. The average molecular weight is 295 g/mol. The van der Waals surface area contributed by atoms with Gasteiger partial charge in [-0.2, -0.15) is 5.10 Å². The van der Waals surface area contributed by atoms with Gasteiger partial charge in [0.25, 0.3) is 0 Å². The summed E-state index contributed by atoms with van der Waals surface area (Å²) in [6.45, 7) is 4.68. The van der Waals surface area contributed by atoms with Crippen molar-refractivity contribution in [1.82, 2.24) is 5.01 Å². The molecule has 0 saturated carbocycles. The third-order valence-corrected chi connectivity index (χ3v) is 4.22. The Morgan fingerprint density at radius 1 is 1.25 bits per heavy atom. The van der Waals surface area contributed by atoms with Gasteiger partial charge in [0.05, 0.1) is 11.2 Å². The quantitative estimate of drug-likeness (QED) is 0.781. The lowest BCUT2D eigenvalue weighted by atomic mass is 10.00. The molecule has 20 heavy (non-hydrogen) atoms. The van der Waals surface area contributed by atoms with E-state index in [2.05, 4.69) is 24.0 Å². The molecule has 0 aromatic heterocycles. The summed E-state index contributed by atoms with van der Waals surface area (Å²) in [7, 11) is 0. The maximum Gasteiger partial charge on any atom is 0.231 e. The number of hydrogen-bond donors (Lipinski definition) is 0. The molecule has 0 N–H and O–H groups in total. The number of benzene rings is 1. The monoisotopic (exact) mass is 294 g/mol. The van der Waals surface area contributed by atoms with E-state index >= 15 is 0 Å². The van der Waals surface area contributed by atoms with Gasteiger partial charge >= 0.3 is 0 Å². The Labute approximate surface area is 124 Å². The van der Waals surface area contributed by atoms with Crippen LogP contribution in [0.4, 0.5) is 0 Å². The molecule has 2 atom stereocenters. The van der Waals surface area contributed by atoms with Crippen molar-refractivity contribution in [3.8, 4) is 11.5 Å². The first-order valence-corrected chi connectivity index (χ1v) is 7.44. The Hall–Kier alpha value is -1.42. The molecule has 2 aliphatic heterocycles. The summed E-state index contributed by atoms with van der Waals surface area (Å²) in [4.78, 5) is 0. The number of hydrogen-bond acceptors (Lipinski definition) is 4. The molecule has 0 amide bonds. The lowest BCUT2D eigenvalue weighted by Crippen LogP contribution is -2.39. The van der Waals surface area contributed by atoms with E-state index in [4.69, 9.17) is 21.1 Å². The van der Waals surface area contributed by atoms with Crippen LogP contribution in [0, 0.1) is 0 Å². The molecule has 0 aliphatic carbocycles. The second kappa shape index (κ2) is 5.52. The van der Waals surface area contributed by atoms with Crippen LogP contribution in [0.5, 0.6) is 11.5 Å². The second-order valence-corrected chi connectivity index (χ2v) is 5.90. The molecule has 4 nitrogen and oxygen atoms in total. The van der Waals surface area contributed by atoms with E-state index < -0.39 is 0 Å². The molecule has 2 aliphatic rings. The van der Waals surface area contributed by atoms with Crippen molar-refractivity contribution in [3.05, 3.63) is 22.7 Å². The van der Waals surface area contributed by atoms with Crippen molar-refractivity contribution in [2.24, 2.45) is 5.10 Å². The van der Waals surface area contributed by atoms with Gasteiger partial charge in [0.1, 0.15) is 0 Å². The first kappa shape index (κ1) is 13.6. The highest BCUT2D eigenvalue weighted by Crippen LogP contribution is 2.39. The van der Waals surface area contributed by atoms with Crippen molar-refractivity contribution in [1.29, 1.82) is 0 Å². The minimum absolute atomic E-state index is 0.232. The van der Waals surface area contributed by atoms with E-state index in [-0.39, 0.29) is 6.79 Å². The first-order valence-electron chi connectivity index (χ1n) is 7.06. The molecule has 5 heteroatoms. The number of fused-ring (bicyclic) bond motifs is 1. The van der Waals surface area contributed by atoms with Crippen molar-refractivity contribution in [2.45, 2.75) is 45.2 Å². The zero-order chi connectivity index (χ0) is 14.1. The molecular weight excluding hydrogens is 276 g/mol. The Balaban J connectivity index is 1.80. The zero-order valence-corrected chi connectivity index (χ0v) is 12.6. The third-order valence-electron chi connectivity index (χ3n) is 3.94. The van der Waals surface area contributed by atoms with E-state index in [0.29, 0.717) is 28.6 Å². The second-order valence-electron chi connectivity index (χ2n) is 5.49. The molecule has 2 heterocycles. The Kier molecular flexibility index (Phi) is 3.74. The lowest BCUT2D eigenvalue weighted by Gasteiger charge is -2.36. The molecule has 3 rings (SSSR count). The van der Waals surface area contributed by atoms with Crippen LogP contribution < -0.4 is 9.47 Å². The lowest BCUT2D eigenvalue weighted by molar-refractivity contribution is 0.109. The third kappa shape index (κ3) is 2.57. The maximum atomic E-state index is 6.17. The highest BCUT2D eigenvalue weighted by atomic mass is 35.5. The fourth-order valence-corrected chi connectivity index (χ4v) is 3.10. The van der Waals surface area contributed by atoms with Crippen LogP contribution in [-0.4, -0.2) is 30.1 Å². The molecule has 0 unspecified atom stereocenters. The van der Waals surface area contributed by atoms with Crippen LogP contribution in [0.1, 0.15) is 38.7 Å². The predicted octanol–water partition coefficient (Wildman–Crippen LogP) is 3.67. The van der Waals surface area contributed by atoms with Gasteiger partial charge in [0.2, 0.25) is 6.79 Å². The fourth-order valence-electron chi connectivity index (χ4n) is 2.83. The largest absolute Gasteiger partial charge is 0.454 e. The van der Waals surface area contributed by atoms with Crippen LogP contribution in [-0.2, 0) is 0 Å². The molecule has 108 valence electrons. The summed E-state index contributed by atoms with van der Waals surface area (Å²) in [6.07, 6.45) is 5.53. The van der Waals surface area contributed by atoms with Crippen LogP contribution in [0.3, 0.4) is 0 Å². The summed E-state index contributed by atoms with van der Waals surface area (Å²) in [5.74, 6) is 1.32. The summed E-state index contributed by atoms with van der Waals surface area (Å²) < 4.78 is 10.7. The predicted molar refractivity (Wildman–Crippen MR) is 79.8 cm³/mol. The van der Waals surface area contributed by atoms with E-state index in [0.717, 1.165) is 5.56 Å². The van der Waals surface area contributed by atoms with Gasteiger partial charge in [-0.3, -0.25) is 5.01 Å². The van der Waals surface area contributed by atoms with Crippen LogP contribution >= 0.6 is 11.6 Å². The summed E-state index contributed by atoms with van der Waals surface area (Å²) in [5, 5.41) is 7.39. The standard InChI is InChI=1S/C15H19ClN2O2/c1-10-4-3-5-11(2)18(10)17-8-12-6-13(16)15-14(7-12)19-9-20-15/h6-8,10-11H,3-5,9H2,1-2H3/b17-8-/t10-,11-/m1/s1. The Morgan fingerprint density at radius 2 is 2.00 bits per heavy atom. The summed E-state index contributed by atoms with van der Waals surface area (Å²) >= 11 is 6.17. The molecule has 0 bridgehead atoms. The number of hydrazone groups is 1. The summed E-state index contributed by atoms with van der Waals surface area (Å²) in [5.41, 5.74) is 0.934. The van der Waals surface area contributed by atoms with E-state index in [9.17, 15) is 0 Å². The molecule has 1 aromatic carbocycles. The number of halogens is 1. The topological polar surface area (TPSA) is 34.1 Å². The number of rotatable bonds is 2. The van der Waals surface area contributed by atoms with Gasteiger partial charge in [-0.15, -0.1) is 0 Å². The Bertz CT molecular complexity index is 523. The van der Waals surface area contributed by atoms with Crippen LogP contribution in [0.15, 0.2) is 17.2 Å². The number of ether oxygens (including phenoxy) is 2. The number of piperidine rings is 1. The Morgan fingerprint density at radius 3 is 2.75 bits per heavy atom. The van der Waals surface area contributed by atoms with Gasteiger partial charge < -0.3 is 9.47 Å². The van der Waals surface area contributed by atoms with Gasteiger partial charge in [0, 0.05) is 12.1 Å². The minimum atomic E-state index is 0.232. The summed E-state index contributed by atoms with van der Waals surface area (Å²) in [6, 6.07) is 4.74. The van der Waals surface area contributed by atoms with Gasteiger partial charge in [-0.25, -0.2) is 0 Å². The zero-order valence-electron chi connectivity index (χ0n) is 11.8. The molecule has 1 saturated heterocycles. The van der Waals surface area contributed by atoms with Gasteiger partial charge in [-0.1, -0.05) is 11.6 Å². The van der Waals surface area contributed by atoms with E-state index in [1.807, 2.05) is 18.3 Å². The molecule has 1 fully saturated rings. The van der Waals surface area contributed by atoms with Crippen molar-refractivity contribution in [3.63, 3.8) is 0 Å². The highest BCUT2D eigenvalue weighted by molar-refractivity contribution is 6.32. The highest BCUT2D eigenvalue weighted by Gasteiger charge is 2.23. The van der Waals surface area contributed by atoms with Gasteiger partial charge in [-0.05, 0) is 50.8 Å². The molecule has 1 aromatic rings. The van der Waals surface area contributed by atoms with Gasteiger partial charge in [0.15, 0.2) is 11.5 Å². The van der Waals surface area contributed by atoms with E-state index in [1.165, 1.54) is 19.3 Å². The smallest absolute Gasteiger partial charge is 0.231 e. The number of nitrogens with zero attached hydrogens (tertiary/aromatic N) is 2. The minimum Gasteiger partial charge on any atom is -0.454 e. The van der Waals surface area contributed by atoms with E-state index in [1.54, 1.807) is 0 Å². The average Bonchev–Trinajstić information content (AvgIpc) is 2.87. The molecule has 0 radical (unpaired) electrons. The maximum absolute atomic E-state index is 6.17. The van der Waals surface area contributed by atoms with Crippen LogP contribution in [0.2, 0.25) is 5.02 Å². The van der Waals surface area contributed by atoms with Crippen molar-refractivity contribution < 1.29 is 9.47 Å². The van der Waals surface area contributed by atoms with Crippen molar-refractivity contribution >= 4 is 17.8 Å². The van der Waals surface area contributed by atoms with Crippen molar-refractivity contribution in [2.75, 3.05) is 6.79 Å². The normalized spacial score (nSPS) is 25.4. The SMILES string of the molecule is C[C@@H]1CCC[C@@H](C)N1/N=C\c1cc(Cl)c2c(c1)OCO2. The van der Waals surface area contributed by atoms with Crippen LogP contribution in [0.25, 0.3) is 0 Å². The molecular formula is C15H19ClN2O2.